The number of hydrogen-bond acceptors (Lipinski definition) is 8. The number of carbonyl (C=O) groups excluding carboxylic acids is 2. The fraction of sp³-hybridized carbons (Fsp3) is 0.905. The molecule has 9 heteroatoms. The number of nitrogens with one attached hydrogen (secondary N) is 1. The highest BCUT2D eigenvalue weighted by Gasteiger charge is 2.27. The Morgan fingerprint density at radius 1 is 1.10 bits per heavy atom. The lowest BCUT2D eigenvalue weighted by atomic mass is 9.89. The van der Waals surface area contributed by atoms with Crippen LogP contribution in [0.5, 0.6) is 0 Å². The van der Waals surface area contributed by atoms with Crippen LogP contribution in [0.2, 0.25) is 0 Å². The Bertz CT molecular complexity index is 491. The highest BCUT2D eigenvalue weighted by molar-refractivity contribution is 8.76. The van der Waals surface area contributed by atoms with Gasteiger partial charge in [0.05, 0.1) is 18.3 Å². The van der Waals surface area contributed by atoms with E-state index in [-0.39, 0.29) is 37.4 Å². The van der Waals surface area contributed by atoms with Gasteiger partial charge in [-0.05, 0) is 45.3 Å². The second-order valence-electron chi connectivity index (χ2n) is 9.24. The summed E-state index contributed by atoms with van der Waals surface area (Å²) in [5, 5.41) is 12.5. The third-order valence-corrected chi connectivity index (χ3v) is 5.48. The molecule has 30 heavy (non-hydrogen) atoms. The van der Waals surface area contributed by atoms with E-state index in [0.29, 0.717) is 19.4 Å². The Morgan fingerprint density at radius 2 is 1.77 bits per heavy atom. The number of rotatable bonds is 15. The molecule has 0 aliphatic heterocycles. The van der Waals surface area contributed by atoms with Gasteiger partial charge in [0.2, 0.25) is 5.91 Å². The predicted molar refractivity (Wildman–Crippen MR) is 124 cm³/mol. The summed E-state index contributed by atoms with van der Waals surface area (Å²) in [4.78, 5) is 23.8. The molecule has 178 valence electrons. The Labute approximate surface area is 190 Å². The third-order valence-electron chi connectivity index (χ3n) is 3.66. The van der Waals surface area contributed by atoms with Crippen molar-refractivity contribution in [1.29, 1.82) is 0 Å². The van der Waals surface area contributed by atoms with Gasteiger partial charge in [-0.3, -0.25) is 9.59 Å². The molecule has 0 spiro atoms. The van der Waals surface area contributed by atoms with Crippen LogP contribution in [0.25, 0.3) is 0 Å². The van der Waals surface area contributed by atoms with Gasteiger partial charge in [-0.15, -0.1) is 0 Å². The summed E-state index contributed by atoms with van der Waals surface area (Å²) in [7, 11) is 3.35. The van der Waals surface area contributed by atoms with Crippen LogP contribution in [0.3, 0.4) is 0 Å². The summed E-state index contributed by atoms with van der Waals surface area (Å²) in [6.07, 6.45) is 2.32. The van der Waals surface area contributed by atoms with E-state index in [4.69, 9.17) is 14.2 Å². The van der Waals surface area contributed by atoms with Crippen LogP contribution in [-0.2, 0) is 23.8 Å². The average molecular weight is 468 g/mol. The first-order valence-corrected chi connectivity index (χ1v) is 13.1. The van der Waals surface area contributed by atoms with Crippen LogP contribution >= 0.6 is 21.6 Å². The summed E-state index contributed by atoms with van der Waals surface area (Å²) in [5.41, 5.74) is -0.517. The fourth-order valence-electron chi connectivity index (χ4n) is 2.58. The molecule has 0 heterocycles. The largest absolute Gasteiger partial charge is 0.460 e. The summed E-state index contributed by atoms with van der Waals surface area (Å²) in [6, 6.07) is 0. The smallest absolute Gasteiger partial charge is 0.305 e. The molecule has 2 atom stereocenters. The standard InChI is InChI=1S/C21H41NO6S2/c1-20(2,3)13-16(14-23)27-19(28-21(4,5)6)15-26-18(25)10-8-9-17(24)22-11-12-30-29-7/h16,19,23H,8-15H2,1-7H3,(H,22,24). The van der Waals surface area contributed by atoms with Gasteiger partial charge in [-0.1, -0.05) is 42.4 Å². The maximum atomic E-state index is 12.1. The van der Waals surface area contributed by atoms with E-state index in [1.54, 1.807) is 21.6 Å². The zero-order valence-corrected chi connectivity index (χ0v) is 21.2. The number of aliphatic hydroxyl groups excluding tert-OH is 1. The molecule has 0 fully saturated rings. The van der Waals surface area contributed by atoms with Crippen molar-refractivity contribution in [3.8, 4) is 0 Å². The Balaban J connectivity index is 4.41. The molecule has 0 aliphatic rings. The van der Waals surface area contributed by atoms with Gasteiger partial charge in [-0.2, -0.15) is 0 Å². The lowest BCUT2D eigenvalue weighted by Gasteiger charge is -2.32. The van der Waals surface area contributed by atoms with Gasteiger partial charge in [0.15, 0.2) is 6.29 Å². The van der Waals surface area contributed by atoms with E-state index < -0.39 is 24.0 Å². The third kappa shape index (κ3) is 18.3. The first-order chi connectivity index (χ1) is 13.9. The van der Waals surface area contributed by atoms with Crippen molar-refractivity contribution >= 4 is 33.5 Å². The normalized spacial score (nSPS) is 14.3. The van der Waals surface area contributed by atoms with Gasteiger partial charge < -0.3 is 24.6 Å². The van der Waals surface area contributed by atoms with Crippen LogP contribution in [-0.4, -0.2) is 66.7 Å². The van der Waals surface area contributed by atoms with Crippen molar-refractivity contribution in [2.75, 3.05) is 31.8 Å². The maximum Gasteiger partial charge on any atom is 0.305 e. The minimum Gasteiger partial charge on any atom is -0.460 e. The number of ether oxygens (including phenoxy) is 3. The molecule has 0 saturated carbocycles. The van der Waals surface area contributed by atoms with Gasteiger partial charge in [0.1, 0.15) is 6.61 Å². The number of aliphatic hydroxyl groups is 1. The van der Waals surface area contributed by atoms with E-state index in [0.717, 1.165) is 5.75 Å². The van der Waals surface area contributed by atoms with Crippen LogP contribution in [0.4, 0.5) is 0 Å². The van der Waals surface area contributed by atoms with Gasteiger partial charge >= 0.3 is 5.97 Å². The van der Waals surface area contributed by atoms with Crippen molar-refractivity contribution in [3.05, 3.63) is 0 Å². The second kappa shape index (κ2) is 15.3. The van der Waals surface area contributed by atoms with Crippen LogP contribution in [0, 0.1) is 5.41 Å². The quantitative estimate of drug-likeness (QED) is 0.163. The monoisotopic (exact) mass is 467 g/mol. The molecule has 0 aromatic carbocycles. The minimum atomic E-state index is -0.773. The summed E-state index contributed by atoms with van der Waals surface area (Å²) in [6.45, 7) is 12.3. The Hall–Kier alpha value is -0.480. The van der Waals surface area contributed by atoms with Gasteiger partial charge in [0.25, 0.3) is 0 Å². The summed E-state index contributed by atoms with van der Waals surface area (Å²) in [5.74, 6) is 0.395. The number of hydrogen-bond donors (Lipinski definition) is 2. The van der Waals surface area contributed by atoms with Crippen molar-refractivity contribution in [2.24, 2.45) is 5.41 Å². The molecule has 7 nitrogen and oxygen atoms in total. The summed E-state index contributed by atoms with van der Waals surface area (Å²) >= 11 is 0. The van der Waals surface area contributed by atoms with E-state index in [1.165, 1.54) is 0 Å². The number of carbonyl (C=O) groups is 2. The molecule has 0 saturated heterocycles. The molecule has 0 aromatic heterocycles. The highest BCUT2D eigenvalue weighted by atomic mass is 33.1. The van der Waals surface area contributed by atoms with E-state index in [2.05, 4.69) is 26.1 Å². The molecular weight excluding hydrogens is 426 g/mol. The minimum absolute atomic E-state index is 0.0228. The average Bonchev–Trinajstić information content (AvgIpc) is 2.60. The predicted octanol–water partition coefficient (Wildman–Crippen LogP) is 3.78. The fourth-order valence-corrected chi connectivity index (χ4v) is 3.68. The van der Waals surface area contributed by atoms with Crippen LogP contribution in [0.1, 0.15) is 67.2 Å². The van der Waals surface area contributed by atoms with Gasteiger partial charge in [0, 0.05) is 25.1 Å². The van der Waals surface area contributed by atoms with Crippen molar-refractivity contribution in [1.82, 2.24) is 5.32 Å². The summed E-state index contributed by atoms with van der Waals surface area (Å²) < 4.78 is 17.1. The molecule has 0 radical (unpaired) electrons. The molecule has 0 aliphatic carbocycles. The SMILES string of the molecule is CSSCCNC(=O)CCCC(=O)OCC(OC(CO)CC(C)(C)C)OC(C)(C)C. The van der Waals surface area contributed by atoms with Crippen LogP contribution < -0.4 is 5.32 Å². The zero-order chi connectivity index (χ0) is 23.2. The lowest BCUT2D eigenvalue weighted by molar-refractivity contribution is -0.241. The molecule has 2 unspecified atom stereocenters. The highest BCUT2D eigenvalue weighted by Crippen LogP contribution is 2.24. The Morgan fingerprint density at radius 3 is 2.30 bits per heavy atom. The molecule has 0 rings (SSSR count). The zero-order valence-electron chi connectivity index (χ0n) is 19.6. The maximum absolute atomic E-state index is 12.1. The van der Waals surface area contributed by atoms with Crippen molar-refractivity contribution in [2.45, 2.75) is 85.2 Å². The van der Waals surface area contributed by atoms with E-state index in [1.807, 2.05) is 27.0 Å². The number of amides is 1. The van der Waals surface area contributed by atoms with E-state index >= 15 is 0 Å². The number of esters is 1. The lowest BCUT2D eigenvalue weighted by Crippen LogP contribution is -2.38. The molecule has 2 N–H and O–H groups in total. The van der Waals surface area contributed by atoms with Crippen molar-refractivity contribution < 1.29 is 28.9 Å². The second-order valence-corrected chi connectivity index (χ2v) is 11.9. The first kappa shape index (κ1) is 29.5. The van der Waals surface area contributed by atoms with Crippen LogP contribution in [0.15, 0.2) is 0 Å². The Kier molecular flexibility index (Phi) is 15.1. The molecule has 1 amide bonds. The topological polar surface area (TPSA) is 94.1 Å². The van der Waals surface area contributed by atoms with Crippen molar-refractivity contribution in [3.63, 3.8) is 0 Å². The first-order valence-electron chi connectivity index (χ1n) is 10.4. The molecule has 0 aromatic rings. The van der Waals surface area contributed by atoms with E-state index in [9.17, 15) is 14.7 Å². The molecule has 0 bridgehead atoms. The molecular formula is C21H41NO6S2. The van der Waals surface area contributed by atoms with Gasteiger partial charge in [-0.25, -0.2) is 0 Å².